The molecule has 0 unspecified atom stereocenters. The van der Waals surface area contributed by atoms with E-state index in [2.05, 4.69) is 10.1 Å². The average Bonchev–Trinajstić information content (AvgIpc) is 2.83. The van der Waals surface area contributed by atoms with Gasteiger partial charge in [0, 0.05) is 35.2 Å². The normalized spacial score (nSPS) is 12.0. The van der Waals surface area contributed by atoms with Crippen molar-refractivity contribution in [2.45, 2.75) is 0 Å². The number of hydrogen-bond donors (Lipinski definition) is 1. The molecule has 0 spiro atoms. The summed E-state index contributed by atoms with van der Waals surface area (Å²) in [6.07, 6.45) is 3.69. The first kappa shape index (κ1) is 13.8. The first-order chi connectivity index (χ1) is 9.86. The standard InChI is InChI=1S/C15H17N4OP/c1-19-9-10(8-17-19)13-6-4-11-14(18-13)7-5-12(16)15(11)21(2,3)20/h4-9H,16H2,1-3H3. The zero-order valence-electron chi connectivity index (χ0n) is 12.2. The molecule has 0 saturated heterocycles. The number of nitrogens with zero attached hydrogens (tertiary/aromatic N) is 3. The molecule has 0 radical (unpaired) electrons. The van der Waals surface area contributed by atoms with Crippen molar-refractivity contribution in [3.05, 3.63) is 36.7 Å². The topological polar surface area (TPSA) is 73.8 Å². The second-order valence-electron chi connectivity index (χ2n) is 5.52. The van der Waals surface area contributed by atoms with Gasteiger partial charge in [-0.3, -0.25) is 4.68 Å². The third-order valence-corrected chi connectivity index (χ3v) is 4.99. The Morgan fingerprint density at radius 3 is 2.57 bits per heavy atom. The molecule has 21 heavy (non-hydrogen) atoms. The molecule has 0 atom stereocenters. The predicted molar refractivity (Wildman–Crippen MR) is 87.4 cm³/mol. The maximum absolute atomic E-state index is 12.5. The second-order valence-corrected chi connectivity index (χ2v) is 8.67. The van der Waals surface area contributed by atoms with Crippen LogP contribution in [0.4, 0.5) is 5.69 Å². The van der Waals surface area contributed by atoms with E-state index in [4.69, 9.17) is 5.73 Å². The molecule has 3 aromatic rings. The van der Waals surface area contributed by atoms with Crippen LogP contribution >= 0.6 is 7.14 Å². The highest BCUT2D eigenvalue weighted by molar-refractivity contribution is 7.71. The van der Waals surface area contributed by atoms with Gasteiger partial charge in [0.2, 0.25) is 0 Å². The molecule has 0 aliphatic heterocycles. The molecule has 0 amide bonds. The number of nitrogens with two attached hydrogens (primary N) is 1. The number of aromatic nitrogens is 3. The number of benzene rings is 1. The van der Waals surface area contributed by atoms with Gasteiger partial charge in [-0.25, -0.2) is 4.98 Å². The Bertz CT molecular complexity index is 879. The third kappa shape index (κ3) is 2.45. The van der Waals surface area contributed by atoms with E-state index in [1.807, 2.05) is 31.4 Å². The van der Waals surface area contributed by atoms with E-state index in [1.54, 1.807) is 30.3 Å². The summed E-state index contributed by atoms with van der Waals surface area (Å²) >= 11 is 0. The molecular formula is C15H17N4OP. The molecular weight excluding hydrogens is 283 g/mol. The first-order valence-electron chi connectivity index (χ1n) is 6.60. The quantitative estimate of drug-likeness (QED) is 0.583. The summed E-state index contributed by atoms with van der Waals surface area (Å²) in [6, 6.07) is 7.50. The largest absolute Gasteiger partial charge is 0.398 e. The number of fused-ring (bicyclic) bond motifs is 1. The van der Waals surface area contributed by atoms with Crippen LogP contribution in [-0.2, 0) is 11.6 Å². The summed E-state index contributed by atoms with van der Waals surface area (Å²) in [7, 11) is -0.597. The lowest BCUT2D eigenvalue weighted by molar-refractivity contribution is 0.588. The van der Waals surface area contributed by atoms with E-state index in [0.29, 0.717) is 11.0 Å². The zero-order chi connectivity index (χ0) is 15.2. The lowest BCUT2D eigenvalue weighted by Crippen LogP contribution is -2.11. The summed E-state index contributed by atoms with van der Waals surface area (Å²) in [5.74, 6) is 0. The summed E-state index contributed by atoms with van der Waals surface area (Å²) < 4.78 is 14.2. The van der Waals surface area contributed by atoms with E-state index in [-0.39, 0.29) is 0 Å². The SMILES string of the molecule is Cn1cc(-c2ccc3c(P(C)(C)=O)c(N)ccc3n2)cn1. The summed E-state index contributed by atoms with van der Waals surface area (Å²) in [6.45, 7) is 3.46. The Balaban J connectivity index is 2.25. The smallest absolute Gasteiger partial charge is 0.112 e. The molecule has 2 aromatic heterocycles. The highest BCUT2D eigenvalue weighted by atomic mass is 31.2. The van der Waals surface area contributed by atoms with Crippen LogP contribution in [0.3, 0.4) is 0 Å². The molecule has 2 N–H and O–H groups in total. The van der Waals surface area contributed by atoms with Crippen molar-refractivity contribution in [1.82, 2.24) is 14.8 Å². The van der Waals surface area contributed by atoms with Crippen molar-refractivity contribution >= 4 is 29.0 Å². The van der Waals surface area contributed by atoms with Gasteiger partial charge in [0.25, 0.3) is 0 Å². The maximum atomic E-state index is 12.5. The third-order valence-electron chi connectivity index (χ3n) is 3.41. The van der Waals surface area contributed by atoms with Gasteiger partial charge in [-0.2, -0.15) is 5.10 Å². The average molecular weight is 300 g/mol. The predicted octanol–water partition coefficient (Wildman–Crippen LogP) is 2.47. The number of aryl methyl sites for hydroxylation is 1. The van der Waals surface area contributed by atoms with Crippen molar-refractivity contribution in [2.24, 2.45) is 7.05 Å². The van der Waals surface area contributed by atoms with Crippen LogP contribution in [0.1, 0.15) is 0 Å². The van der Waals surface area contributed by atoms with Crippen molar-refractivity contribution in [3.8, 4) is 11.3 Å². The van der Waals surface area contributed by atoms with Gasteiger partial charge in [0.1, 0.15) is 7.14 Å². The fourth-order valence-corrected chi connectivity index (χ4v) is 3.99. The van der Waals surface area contributed by atoms with Crippen LogP contribution in [0, 0.1) is 0 Å². The molecule has 0 bridgehead atoms. The Hall–Kier alpha value is -2.13. The second kappa shape index (κ2) is 4.71. The van der Waals surface area contributed by atoms with Crippen LogP contribution in [0.2, 0.25) is 0 Å². The van der Waals surface area contributed by atoms with Gasteiger partial charge in [0.15, 0.2) is 0 Å². The summed E-state index contributed by atoms with van der Waals surface area (Å²) in [5.41, 5.74) is 9.16. The van der Waals surface area contributed by atoms with Crippen molar-refractivity contribution in [2.75, 3.05) is 19.1 Å². The number of rotatable bonds is 2. The monoisotopic (exact) mass is 300 g/mol. The summed E-state index contributed by atoms with van der Waals surface area (Å²) in [4.78, 5) is 4.64. The van der Waals surface area contributed by atoms with E-state index in [1.165, 1.54) is 0 Å². The van der Waals surface area contributed by atoms with Crippen LogP contribution in [-0.4, -0.2) is 28.1 Å². The Labute approximate surface area is 123 Å². The van der Waals surface area contributed by atoms with Gasteiger partial charge in [-0.1, -0.05) is 0 Å². The minimum Gasteiger partial charge on any atom is -0.398 e. The van der Waals surface area contributed by atoms with Gasteiger partial charge in [-0.15, -0.1) is 0 Å². The summed E-state index contributed by atoms with van der Waals surface area (Å²) in [5, 5.41) is 5.73. The van der Waals surface area contributed by atoms with Gasteiger partial charge in [-0.05, 0) is 37.6 Å². The highest BCUT2D eigenvalue weighted by Gasteiger charge is 2.19. The van der Waals surface area contributed by atoms with Crippen LogP contribution in [0.25, 0.3) is 22.2 Å². The van der Waals surface area contributed by atoms with Gasteiger partial charge >= 0.3 is 0 Å². The molecule has 108 valence electrons. The molecule has 6 heteroatoms. The highest BCUT2D eigenvalue weighted by Crippen LogP contribution is 2.40. The van der Waals surface area contributed by atoms with E-state index >= 15 is 0 Å². The molecule has 0 saturated carbocycles. The molecule has 0 aliphatic carbocycles. The van der Waals surface area contributed by atoms with Crippen LogP contribution in [0.5, 0.6) is 0 Å². The Kier molecular flexibility index (Phi) is 3.10. The Morgan fingerprint density at radius 1 is 1.19 bits per heavy atom. The molecule has 2 heterocycles. The molecule has 1 aromatic carbocycles. The van der Waals surface area contributed by atoms with E-state index in [9.17, 15) is 4.57 Å². The van der Waals surface area contributed by atoms with Crippen molar-refractivity contribution in [3.63, 3.8) is 0 Å². The maximum Gasteiger partial charge on any atom is 0.112 e. The number of pyridine rings is 1. The zero-order valence-corrected chi connectivity index (χ0v) is 13.1. The molecule has 5 nitrogen and oxygen atoms in total. The lowest BCUT2D eigenvalue weighted by atomic mass is 10.1. The van der Waals surface area contributed by atoms with Crippen molar-refractivity contribution < 1.29 is 4.57 Å². The van der Waals surface area contributed by atoms with Crippen LogP contribution in [0.15, 0.2) is 36.7 Å². The fraction of sp³-hybridized carbons (Fsp3) is 0.200. The lowest BCUT2D eigenvalue weighted by Gasteiger charge is -2.14. The minimum absolute atomic E-state index is 0.562. The van der Waals surface area contributed by atoms with E-state index in [0.717, 1.165) is 22.2 Å². The molecule has 3 rings (SSSR count). The number of anilines is 1. The first-order valence-corrected chi connectivity index (χ1v) is 9.20. The number of hydrogen-bond acceptors (Lipinski definition) is 4. The Morgan fingerprint density at radius 2 is 1.95 bits per heavy atom. The molecule has 0 fully saturated rings. The van der Waals surface area contributed by atoms with Gasteiger partial charge < -0.3 is 10.3 Å². The fourth-order valence-electron chi connectivity index (χ4n) is 2.52. The van der Waals surface area contributed by atoms with E-state index < -0.39 is 7.14 Å². The number of nitrogen functional groups attached to an aromatic ring is 1. The molecule has 0 aliphatic rings. The van der Waals surface area contributed by atoms with Crippen molar-refractivity contribution in [1.29, 1.82) is 0 Å². The minimum atomic E-state index is -2.47. The van der Waals surface area contributed by atoms with Gasteiger partial charge in [0.05, 0.1) is 17.4 Å². The van der Waals surface area contributed by atoms with Crippen LogP contribution < -0.4 is 11.0 Å².